The molecule has 1 heterocycles. The van der Waals surface area contributed by atoms with Gasteiger partial charge in [0.15, 0.2) is 9.84 Å². The van der Waals surface area contributed by atoms with Gasteiger partial charge in [0.1, 0.15) is 15.5 Å². The lowest BCUT2D eigenvalue weighted by Gasteiger charge is -2.43. The van der Waals surface area contributed by atoms with Crippen LogP contribution in [-0.2, 0) is 31.4 Å². The van der Waals surface area contributed by atoms with E-state index in [0.717, 1.165) is 30.3 Å². The van der Waals surface area contributed by atoms with E-state index in [1.807, 2.05) is 0 Å². The van der Waals surface area contributed by atoms with E-state index in [1.165, 1.54) is 0 Å². The quantitative estimate of drug-likeness (QED) is 0.216. The topological polar surface area (TPSA) is 92.7 Å². The molecule has 2 aliphatic carbocycles. The van der Waals surface area contributed by atoms with Crippen molar-refractivity contribution in [1.82, 2.24) is 5.32 Å². The molecular formula is C28H27F8NO5S2. The fourth-order valence-corrected chi connectivity index (χ4v) is 10.1. The number of carbonyl (C=O) groups excluding carboxylic acids is 1. The van der Waals surface area contributed by atoms with Crippen LogP contribution < -0.4 is 5.32 Å². The number of hydrogen-bond donors (Lipinski definition) is 2. The van der Waals surface area contributed by atoms with Crippen molar-refractivity contribution < 1.29 is 58.2 Å². The largest absolute Gasteiger partial charge is 0.435 e. The number of aryl methyl sites for hydroxylation is 1. The highest BCUT2D eigenvalue weighted by molar-refractivity contribution is 8.14. The minimum Gasteiger partial charge on any atom is -0.381 e. The van der Waals surface area contributed by atoms with Crippen LogP contribution in [0, 0.1) is 11.7 Å². The fourth-order valence-electron chi connectivity index (χ4n) is 6.70. The molecule has 242 valence electrons. The highest BCUT2D eigenvalue weighted by Crippen LogP contribution is 2.59. The van der Waals surface area contributed by atoms with Gasteiger partial charge in [-0.1, -0.05) is 18.2 Å². The van der Waals surface area contributed by atoms with Crippen LogP contribution in [0.2, 0.25) is 0 Å². The second-order valence-corrected chi connectivity index (χ2v) is 14.8. The number of nitrogens with one attached hydrogen (secondary N) is 1. The maximum Gasteiger partial charge on any atom is 0.435 e. The van der Waals surface area contributed by atoms with Crippen molar-refractivity contribution in [3.05, 3.63) is 65.0 Å². The molecule has 2 aromatic rings. The summed E-state index contributed by atoms with van der Waals surface area (Å²) in [7, 11) is -4.53. The second kappa shape index (κ2) is 11.1. The van der Waals surface area contributed by atoms with E-state index < -0.39 is 66.1 Å². The summed E-state index contributed by atoms with van der Waals surface area (Å²) in [5.41, 5.74) is -7.75. The van der Waals surface area contributed by atoms with Gasteiger partial charge in [-0.2, -0.15) is 26.3 Å². The lowest BCUT2D eigenvalue weighted by atomic mass is 9.74. The van der Waals surface area contributed by atoms with Crippen molar-refractivity contribution >= 4 is 26.8 Å². The lowest BCUT2D eigenvalue weighted by Crippen LogP contribution is -2.51. The van der Waals surface area contributed by atoms with Crippen LogP contribution in [0.4, 0.5) is 39.9 Å². The van der Waals surface area contributed by atoms with Crippen molar-refractivity contribution in [2.45, 2.75) is 77.2 Å². The highest BCUT2D eigenvalue weighted by Gasteiger charge is 2.73. The van der Waals surface area contributed by atoms with Crippen LogP contribution in [0.3, 0.4) is 0 Å². The summed E-state index contributed by atoms with van der Waals surface area (Å²) in [6, 6.07) is 4.48. The molecule has 0 aromatic heterocycles. The maximum atomic E-state index is 15.0. The number of alkyl halides is 7. The van der Waals surface area contributed by atoms with Gasteiger partial charge >= 0.3 is 18.0 Å². The van der Waals surface area contributed by atoms with Gasteiger partial charge in [0.2, 0.25) is 0 Å². The van der Waals surface area contributed by atoms with Gasteiger partial charge in [0.05, 0.1) is 18.1 Å². The lowest BCUT2D eigenvalue weighted by molar-refractivity contribution is -0.348. The zero-order valence-corrected chi connectivity index (χ0v) is 24.4. The first-order chi connectivity index (χ1) is 20.4. The van der Waals surface area contributed by atoms with Crippen molar-refractivity contribution in [1.29, 1.82) is 0 Å². The van der Waals surface area contributed by atoms with Gasteiger partial charge in [-0.3, -0.25) is 4.79 Å². The second-order valence-electron chi connectivity index (χ2n) is 11.3. The molecule has 1 saturated heterocycles. The fraction of sp³-hybridized carbons (Fsp3) is 0.536. The average molecular weight is 674 g/mol. The molecule has 0 unspecified atom stereocenters. The van der Waals surface area contributed by atoms with E-state index in [2.05, 4.69) is 5.32 Å². The highest BCUT2D eigenvalue weighted by atomic mass is 32.2. The maximum absolute atomic E-state index is 15.0. The smallest absolute Gasteiger partial charge is 0.381 e. The molecule has 2 fully saturated rings. The van der Waals surface area contributed by atoms with Gasteiger partial charge in [0, 0.05) is 30.4 Å². The number of rotatable bonds is 5. The molecule has 44 heavy (non-hydrogen) atoms. The molecular weight excluding hydrogens is 646 g/mol. The Morgan fingerprint density at radius 3 is 2.14 bits per heavy atom. The molecule has 0 bridgehead atoms. The molecule has 3 aliphatic rings. The number of amides is 1. The van der Waals surface area contributed by atoms with E-state index in [9.17, 15) is 53.4 Å². The van der Waals surface area contributed by atoms with Crippen LogP contribution in [-0.4, -0.2) is 55.3 Å². The molecule has 2 aromatic carbocycles. The number of ether oxygens (including phenoxy) is 1. The molecule has 1 aliphatic heterocycles. The van der Waals surface area contributed by atoms with E-state index in [-0.39, 0.29) is 67.8 Å². The Kier molecular flexibility index (Phi) is 8.33. The number of halogens is 8. The van der Waals surface area contributed by atoms with Crippen LogP contribution in [0.1, 0.15) is 48.8 Å². The molecule has 1 amide bonds. The van der Waals surface area contributed by atoms with E-state index in [1.54, 1.807) is 0 Å². The number of fused-ring (bicyclic) bond motifs is 3. The van der Waals surface area contributed by atoms with Crippen molar-refractivity contribution in [3.63, 3.8) is 0 Å². The Morgan fingerprint density at radius 2 is 1.55 bits per heavy atom. The first-order valence-corrected chi connectivity index (χ1v) is 15.9. The predicted molar refractivity (Wildman–Crippen MR) is 143 cm³/mol. The number of benzene rings is 2. The third kappa shape index (κ3) is 5.28. The number of aliphatic hydroxyl groups is 1. The summed E-state index contributed by atoms with van der Waals surface area (Å²) >= 11 is 0.628. The van der Waals surface area contributed by atoms with Crippen LogP contribution in [0.15, 0.2) is 47.4 Å². The first kappa shape index (κ1) is 32.9. The summed E-state index contributed by atoms with van der Waals surface area (Å²) in [6.45, 7) is 0.451. The minimum atomic E-state index is -6.36. The molecule has 5 rings (SSSR count). The third-order valence-corrected chi connectivity index (χ3v) is 12.5. The third-order valence-electron chi connectivity index (χ3n) is 8.84. The summed E-state index contributed by atoms with van der Waals surface area (Å²) < 4.78 is 142. The Hall–Kier alpha value is -2.43. The van der Waals surface area contributed by atoms with Gasteiger partial charge in [-0.15, -0.1) is 0 Å². The monoisotopic (exact) mass is 673 g/mol. The van der Waals surface area contributed by atoms with Crippen LogP contribution in [0.25, 0.3) is 0 Å². The van der Waals surface area contributed by atoms with Crippen LogP contribution >= 0.6 is 11.8 Å². The Balaban J connectivity index is 1.58. The number of sulfone groups is 1. The van der Waals surface area contributed by atoms with Crippen molar-refractivity contribution in [2.75, 3.05) is 13.2 Å². The van der Waals surface area contributed by atoms with Gasteiger partial charge in [0.25, 0.3) is 5.24 Å². The van der Waals surface area contributed by atoms with Gasteiger partial charge < -0.3 is 15.2 Å². The number of thioether (sulfide) groups is 1. The summed E-state index contributed by atoms with van der Waals surface area (Å²) in [6.07, 6.45) is -12.8. The standard InChI is InChI=1S/C28H27F8NO5S2/c29-18-3-5-19(6-4-18)44(40,41)25-10-9-22(37-23(38)43-24(39)11-13-42-14-12-24)21(25)7-1-16-15-17(2-8-20(16)25)26(30,27(31,32)33)28(34,35)36/h2-6,8,15,21-22,39H,1,7,9-14H2,(H,37,38)/t21-,22+,25+/m0/s1. The average Bonchev–Trinajstić information content (AvgIpc) is 3.31. The van der Waals surface area contributed by atoms with E-state index >= 15 is 0 Å². The first-order valence-electron chi connectivity index (χ1n) is 13.6. The minimum absolute atomic E-state index is 0.0538. The van der Waals surface area contributed by atoms with Gasteiger partial charge in [-0.05, 0) is 72.8 Å². The van der Waals surface area contributed by atoms with Crippen molar-refractivity contribution in [2.24, 2.45) is 5.92 Å². The molecule has 6 nitrogen and oxygen atoms in total. The zero-order valence-electron chi connectivity index (χ0n) is 22.8. The number of hydrogen-bond acceptors (Lipinski definition) is 6. The molecule has 1 saturated carbocycles. The molecule has 0 spiro atoms. The number of carbonyl (C=O) groups is 1. The van der Waals surface area contributed by atoms with Gasteiger partial charge in [-0.25, -0.2) is 17.2 Å². The summed E-state index contributed by atoms with van der Waals surface area (Å²) in [5.74, 6) is -1.66. The SMILES string of the molecule is O=C(N[C@@H]1CC[C@@]2(S(=O)(=O)c3ccc(F)cc3)c3ccc(C(F)(C(F)(F)F)C(F)(F)F)cc3CC[C@@H]12)SC1(O)CCOCC1. The van der Waals surface area contributed by atoms with E-state index in [0.29, 0.717) is 23.9 Å². The summed E-state index contributed by atoms with van der Waals surface area (Å²) in [5, 5.41) is 12.9. The predicted octanol–water partition coefficient (Wildman–Crippen LogP) is 6.45. The molecule has 16 heteroatoms. The van der Waals surface area contributed by atoms with Crippen molar-refractivity contribution in [3.8, 4) is 0 Å². The van der Waals surface area contributed by atoms with Crippen LogP contribution in [0.5, 0.6) is 0 Å². The normalized spacial score (nSPS) is 25.7. The molecule has 2 N–H and O–H groups in total. The Labute approximate surface area is 251 Å². The van der Waals surface area contributed by atoms with E-state index in [4.69, 9.17) is 4.74 Å². The zero-order chi connectivity index (χ0) is 32.3. The molecule has 0 radical (unpaired) electrons. The Morgan fingerprint density at radius 1 is 0.932 bits per heavy atom. The molecule has 3 atom stereocenters. The summed E-state index contributed by atoms with van der Waals surface area (Å²) in [4.78, 5) is 11.2. The Bertz CT molecular complexity index is 1510.